The summed E-state index contributed by atoms with van der Waals surface area (Å²) in [7, 11) is 1.26. The van der Waals surface area contributed by atoms with Gasteiger partial charge in [0.1, 0.15) is 5.78 Å². The number of ether oxygens (including phenoxy) is 1. The number of hydrogen-bond donors (Lipinski definition) is 1. The van der Waals surface area contributed by atoms with Gasteiger partial charge in [-0.1, -0.05) is 11.8 Å². The molecule has 7 heteroatoms. The third-order valence-electron chi connectivity index (χ3n) is 1.74. The molecule has 0 radical (unpaired) electrons. The van der Waals surface area contributed by atoms with Crippen LogP contribution in [0.5, 0.6) is 0 Å². The Kier molecular flexibility index (Phi) is 4.89. The average molecular weight is 256 g/mol. The molecule has 1 rings (SSSR count). The number of aromatic amines is 1. The predicted octanol–water partition coefficient (Wildman–Crippen LogP) is 0.166. The number of carbonyl (C=O) groups is 2. The molecule has 1 heterocycles. The molecule has 0 saturated heterocycles. The first kappa shape index (κ1) is 13.4. The zero-order chi connectivity index (χ0) is 12.8. The van der Waals surface area contributed by atoms with Crippen LogP contribution in [0.4, 0.5) is 0 Å². The number of Topliss-reactive ketones (excluding diaryl/α,β-unsaturated/α-hetero) is 1. The van der Waals surface area contributed by atoms with E-state index in [0.717, 1.165) is 11.8 Å². The number of ketones is 1. The van der Waals surface area contributed by atoms with Crippen LogP contribution < -0.4 is 5.56 Å². The summed E-state index contributed by atoms with van der Waals surface area (Å²) in [5.41, 5.74) is -0.0309. The number of esters is 1. The van der Waals surface area contributed by atoms with Gasteiger partial charge < -0.3 is 9.72 Å². The highest BCUT2D eigenvalue weighted by molar-refractivity contribution is 7.99. The van der Waals surface area contributed by atoms with Crippen molar-refractivity contribution in [1.29, 1.82) is 0 Å². The zero-order valence-electron chi connectivity index (χ0n) is 9.48. The Labute approximate surface area is 102 Å². The van der Waals surface area contributed by atoms with Gasteiger partial charge in [0.15, 0.2) is 5.16 Å². The van der Waals surface area contributed by atoms with Crippen LogP contribution in [-0.4, -0.2) is 34.6 Å². The second-order valence-electron chi connectivity index (χ2n) is 3.29. The van der Waals surface area contributed by atoms with Crippen molar-refractivity contribution in [2.75, 3.05) is 12.9 Å². The lowest BCUT2D eigenvalue weighted by Crippen LogP contribution is -2.14. The Morgan fingerprint density at radius 3 is 2.82 bits per heavy atom. The minimum atomic E-state index is -0.467. The van der Waals surface area contributed by atoms with Crippen LogP contribution in [0.25, 0.3) is 0 Å². The molecule has 92 valence electrons. The van der Waals surface area contributed by atoms with Crippen molar-refractivity contribution in [2.45, 2.75) is 18.5 Å². The molecule has 0 saturated carbocycles. The summed E-state index contributed by atoms with van der Waals surface area (Å²) >= 11 is 1.12. The van der Waals surface area contributed by atoms with Crippen LogP contribution in [0.2, 0.25) is 0 Å². The molecule has 0 spiro atoms. The Morgan fingerprint density at radius 1 is 1.53 bits per heavy atom. The number of nitrogens with one attached hydrogen (secondary N) is 1. The van der Waals surface area contributed by atoms with Gasteiger partial charge in [-0.15, -0.1) is 0 Å². The molecule has 0 bridgehead atoms. The molecule has 1 aromatic heterocycles. The topological polar surface area (TPSA) is 89.1 Å². The van der Waals surface area contributed by atoms with Crippen molar-refractivity contribution in [3.05, 3.63) is 22.1 Å². The SMILES string of the molecule is COC(=O)Cc1cc(=O)[nH]c(SCC(C)=O)n1. The van der Waals surface area contributed by atoms with E-state index in [1.165, 1.54) is 20.1 Å². The lowest BCUT2D eigenvalue weighted by Gasteiger charge is -2.02. The lowest BCUT2D eigenvalue weighted by molar-refractivity contribution is -0.139. The summed E-state index contributed by atoms with van der Waals surface area (Å²) in [4.78, 5) is 39.6. The fourth-order valence-electron chi connectivity index (χ4n) is 1.03. The fraction of sp³-hybridized carbons (Fsp3) is 0.400. The number of thioether (sulfide) groups is 1. The minimum absolute atomic E-state index is 0.0176. The van der Waals surface area contributed by atoms with Crippen molar-refractivity contribution in [3.8, 4) is 0 Å². The van der Waals surface area contributed by atoms with E-state index in [4.69, 9.17) is 0 Å². The molecule has 0 amide bonds. The van der Waals surface area contributed by atoms with E-state index in [2.05, 4.69) is 14.7 Å². The highest BCUT2D eigenvalue weighted by Crippen LogP contribution is 2.11. The van der Waals surface area contributed by atoms with Gasteiger partial charge in [0.25, 0.3) is 5.56 Å². The van der Waals surface area contributed by atoms with E-state index >= 15 is 0 Å². The zero-order valence-corrected chi connectivity index (χ0v) is 10.3. The molecule has 17 heavy (non-hydrogen) atoms. The third kappa shape index (κ3) is 4.81. The number of carbonyl (C=O) groups excluding carboxylic acids is 2. The normalized spacial score (nSPS) is 10.0. The van der Waals surface area contributed by atoms with Gasteiger partial charge in [0.2, 0.25) is 0 Å². The summed E-state index contributed by atoms with van der Waals surface area (Å²) in [6.45, 7) is 1.45. The molecule has 6 nitrogen and oxygen atoms in total. The van der Waals surface area contributed by atoms with E-state index < -0.39 is 5.97 Å². The smallest absolute Gasteiger partial charge is 0.311 e. The van der Waals surface area contributed by atoms with Gasteiger partial charge >= 0.3 is 5.97 Å². The Hall–Kier alpha value is -1.63. The molecular formula is C10H12N2O4S. The van der Waals surface area contributed by atoms with Gasteiger partial charge in [-0.25, -0.2) is 4.98 Å². The van der Waals surface area contributed by atoms with Crippen LogP contribution in [0, 0.1) is 0 Å². The standard InChI is InChI=1S/C10H12N2O4S/c1-6(13)5-17-10-11-7(3-8(14)12-10)4-9(15)16-2/h3H,4-5H2,1-2H3,(H,11,12,14). The summed E-state index contributed by atoms with van der Waals surface area (Å²) in [6.07, 6.45) is -0.0615. The van der Waals surface area contributed by atoms with Crippen molar-refractivity contribution in [1.82, 2.24) is 9.97 Å². The first-order chi connectivity index (χ1) is 8.01. The third-order valence-corrected chi connectivity index (χ3v) is 2.76. The monoisotopic (exact) mass is 256 g/mol. The number of H-pyrrole nitrogens is 1. The number of aromatic nitrogens is 2. The summed E-state index contributed by atoms with van der Waals surface area (Å²) in [5, 5.41) is 0.326. The average Bonchev–Trinajstić information content (AvgIpc) is 2.25. The molecule has 0 aliphatic rings. The van der Waals surface area contributed by atoms with Crippen molar-refractivity contribution in [3.63, 3.8) is 0 Å². The Bertz CT molecular complexity index is 483. The largest absolute Gasteiger partial charge is 0.469 e. The van der Waals surface area contributed by atoms with E-state index in [1.807, 2.05) is 0 Å². The number of rotatable bonds is 5. The van der Waals surface area contributed by atoms with Crippen LogP contribution in [-0.2, 0) is 20.7 Å². The van der Waals surface area contributed by atoms with Gasteiger partial charge in [0, 0.05) is 6.07 Å². The molecule has 0 unspecified atom stereocenters. The second kappa shape index (κ2) is 6.19. The van der Waals surface area contributed by atoms with Crippen LogP contribution in [0.15, 0.2) is 16.0 Å². The van der Waals surface area contributed by atoms with Gasteiger partial charge in [-0.2, -0.15) is 0 Å². The molecular weight excluding hydrogens is 244 g/mol. The van der Waals surface area contributed by atoms with Crippen molar-refractivity contribution < 1.29 is 14.3 Å². The first-order valence-electron chi connectivity index (χ1n) is 4.80. The number of nitrogens with zero attached hydrogens (tertiary/aromatic N) is 1. The highest BCUT2D eigenvalue weighted by Gasteiger charge is 2.08. The van der Waals surface area contributed by atoms with Crippen molar-refractivity contribution >= 4 is 23.5 Å². The highest BCUT2D eigenvalue weighted by atomic mass is 32.2. The molecule has 1 N–H and O–H groups in total. The lowest BCUT2D eigenvalue weighted by atomic mass is 10.3. The number of methoxy groups -OCH3 is 1. The van der Waals surface area contributed by atoms with Gasteiger partial charge in [0.05, 0.1) is 25.0 Å². The quantitative estimate of drug-likeness (QED) is 0.459. The molecule has 0 atom stereocenters. The first-order valence-corrected chi connectivity index (χ1v) is 5.79. The maximum Gasteiger partial charge on any atom is 0.311 e. The molecule has 0 aromatic carbocycles. The Morgan fingerprint density at radius 2 is 2.24 bits per heavy atom. The summed E-state index contributed by atoms with van der Waals surface area (Å²) in [5.74, 6) is -0.258. The second-order valence-corrected chi connectivity index (χ2v) is 4.25. The van der Waals surface area contributed by atoms with Crippen molar-refractivity contribution in [2.24, 2.45) is 0 Å². The number of hydrogen-bond acceptors (Lipinski definition) is 6. The Balaban J connectivity index is 2.82. The van der Waals surface area contributed by atoms with E-state index in [-0.39, 0.29) is 23.5 Å². The van der Waals surface area contributed by atoms with Crippen LogP contribution in [0.3, 0.4) is 0 Å². The maximum atomic E-state index is 11.3. The molecule has 0 aliphatic carbocycles. The molecule has 1 aromatic rings. The van der Waals surface area contributed by atoms with E-state index in [0.29, 0.717) is 10.9 Å². The van der Waals surface area contributed by atoms with Crippen LogP contribution >= 0.6 is 11.8 Å². The fourth-order valence-corrected chi connectivity index (χ4v) is 1.73. The van der Waals surface area contributed by atoms with E-state index in [1.54, 1.807) is 0 Å². The predicted molar refractivity (Wildman–Crippen MR) is 62.0 cm³/mol. The summed E-state index contributed by atoms with van der Waals surface area (Å²) < 4.78 is 4.48. The maximum absolute atomic E-state index is 11.3. The van der Waals surface area contributed by atoms with E-state index in [9.17, 15) is 14.4 Å². The minimum Gasteiger partial charge on any atom is -0.469 e. The van der Waals surface area contributed by atoms with Crippen LogP contribution in [0.1, 0.15) is 12.6 Å². The van der Waals surface area contributed by atoms with Gasteiger partial charge in [-0.05, 0) is 6.92 Å². The van der Waals surface area contributed by atoms with Gasteiger partial charge in [-0.3, -0.25) is 14.4 Å². The molecule has 0 aliphatic heterocycles. The summed E-state index contributed by atoms with van der Waals surface area (Å²) in [6, 6.07) is 1.23. The molecule has 0 fully saturated rings.